The van der Waals surface area contributed by atoms with Gasteiger partial charge in [0.25, 0.3) is 0 Å². The average molecular weight is 404 g/mol. The van der Waals surface area contributed by atoms with Gasteiger partial charge in [0.05, 0.1) is 5.02 Å². The van der Waals surface area contributed by atoms with Crippen LogP contribution in [0, 0.1) is 0 Å². The molecular formula is C19H22ClN5O3. The molecule has 4 heterocycles. The largest absolute Gasteiger partial charge is 0.506 e. The van der Waals surface area contributed by atoms with Gasteiger partial charge in [0, 0.05) is 51.2 Å². The van der Waals surface area contributed by atoms with Crippen molar-refractivity contribution in [2.24, 2.45) is 0 Å². The van der Waals surface area contributed by atoms with E-state index in [2.05, 4.69) is 14.9 Å². The summed E-state index contributed by atoms with van der Waals surface area (Å²) in [5, 5.41) is 14.4. The summed E-state index contributed by atoms with van der Waals surface area (Å²) in [6.07, 6.45) is 4.61. The number of nitrogens with zero attached hydrogens (tertiary/aromatic N) is 5. The summed E-state index contributed by atoms with van der Waals surface area (Å²) in [6.45, 7) is 5.26. The van der Waals surface area contributed by atoms with E-state index in [4.69, 9.17) is 16.3 Å². The van der Waals surface area contributed by atoms with E-state index in [1.807, 2.05) is 18.2 Å². The van der Waals surface area contributed by atoms with Gasteiger partial charge in [-0.05, 0) is 30.7 Å². The predicted octanol–water partition coefficient (Wildman–Crippen LogP) is 1.54. The highest BCUT2D eigenvalue weighted by Gasteiger charge is 2.45. The first-order valence-electron chi connectivity index (χ1n) is 9.59. The average Bonchev–Trinajstić information content (AvgIpc) is 3.43. The molecule has 2 unspecified atom stereocenters. The molecule has 5 rings (SSSR count). The van der Waals surface area contributed by atoms with E-state index >= 15 is 0 Å². The lowest BCUT2D eigenvalue weighted by molar-refractivity contribution is 0.248. The molecule has 28 heavy (non-hydrogen) atoms. The van der Waals surface area contributed by atoms with Crippen LogP contribution in [0.25, 0.3) is 6.20 Å². The summed E-state index contributed by atoms with van der Waals surface area (Å²) in [5.74, 6) is 0.832. The molecule has 8 nitrogen and oxygen atoms in total. The van der Waals surface area contributed by atoms with Gasteiger partial charge in [-0.3, -0.25) is 9.47 Å². The Kier molecular flexibility index (Phi) is 4.41. The van der Waals surface area contributed by atoms with Gasteiger partial charge >= 0.3 is 5.69 Å². The SMILES string of the molecule is O=c1n(CCCN2CCN(c3ccc(O)c(Cl)c3)CC2)nc2n1C=CC1OC21. The quantitative estimate of drug-likeness (QED) is 0.763. The number of halogens is 1. The van der Waals surface area contributed by atoms with E-state index in [1.165, 1.54) is 0 Å². The topological polar surface area (TPSA) is 79.1 Å². The van der Waals surface area contributed by atoms with Crippen molar-refractivity contribution in [2.75, 3.05) is 37.6 Å². The molecule has 9 heteroatoms. The molecule has 0 aliphatic carbocycles. The van der Waals surface area contributed by atoms with Gasteiger partial charge < -0.3 is 14.7 Å². The number of aromatic hydroxyl groups is 1. The molecule has 3 aliphatic rings. The molecular weight excluding hydrogens is 382 g/mol. The van der Waals surface area contributed by atoms with Gasteiger partial charge in [0.1, 0.15) is 18.0 Å². The van der Waals surface area contributed by atoms with E-state index in [9.17, 15) is 9.90 Å². The zero-order chi connectivity index (χ0) is 19.3. The number of fused-ring (bicyclic) bond motifs is 3. The second-order valence-corrected chi connectivity index (χ2v) is 7.82. The Morgan fingerprint density at radius 1 is 1.21 bits per heavy atom. The Hall–Kier alpha value is -2.29. The van der Waals surface area contributed by atoms with Gasteiger partial charge in [-0.25, -0.2) is 9.48 Å². The van der Waals surface area contributed by atoms with Crippen LogP contribution in [-0.4, -0.2) is 63.2 Å². The number of piperazine rings is 1. The van der Waals surface area contributed by atoms with Crippen LogP contribution in [0.5, 0.6) is 5.75 Å². The molecule has 2 fully saturated rings. The summed E-state index contributed by atoms with van der Waals surface area (Å²) in [7, 11) is 0. The van der Waals surface area contributed by atoms with Crippen LogP contribution < -0.4 is 10.6 Å². The second-order valence-electron chi connectivity index (χ2n) is 7.41. The molecule has 3 aliphatic heterocycles. The zero-order valence-electron chi connectivity index (χ0n) is 15.4. The minimum Gasteiger partial charge on any atom is -0.506 e. The lowest BCUT2D eigenvalue weighted by Crippen LogP contribution is -2.46. The normalized spacial score (nSPS) is 23.5. The van der Waals surface area contributed by atoms with Crippen LogP contribution in [0.4, 0.5) is 5.69 Å². The van der Waals surface area contributed by atoms with Crippen LogP contribution in [0.15, 0.2) is 29.1 Å². The number of rotatable bonds is 5. The highest BCUT2D eigenvalue weighted by molar-refractivity contribution is 6.32. The zero-order valence-corrected chi connectivity index (χ0v) is 16.1. The summed E-state index contributed by atoms with van der Waals surface area (Å²) in [4.78, 5) is 17.1. The van der Waals surface area contributed by atoms with Crippen LogP contribution in [0.1, 0.15) is 18.3 Å². The van der Waals surface area contributed by atoms with Gasteiger partial charge in [-0.15, -0.1) is 0 Å². The Labute approximate surface area is 167 Å². The maximum absolute atomic E-state index is 12.4. The summed E-state index contributed by atoms with van der Waals surface area (Å²) < 4.78 is 8.62. The minimum absolute atomic E-state index is 0.0413. The molecule has 1 aromatic heterocycles. The number of anilines is 1. The molecule has 1 N–H and O–H groups in total. The molecule has 148 valence electrons. The van der Waals surface area contributed by atoms with Crippen LogP contribution in [-0.2, 0) is 11.3 Å². The van der Waals surface area contributed by atoms with Crippen molar-refractivity contribution in [1.82, 2.24) is 19.2 Å². The van der Waals surface area contributed by atoms with E-state index in [0.717, 1.165) is 50.7 Å². The Morgan fingerprint density at radius 3 is 2.82 bits per heavy atom. The molecule has 2 atom stereocenters. The number of phenols is 1. The molecule has 1 aromatic carbocycles. The number of phenolic OH excluding ortho intramolecular Hbond substituents is 1. The molecule has 0 bridgehead atoms. The van der Waals surface area contributed by atoms with Crippen molar-refractivity contribution in [3.05, 3.63) is 45.6 Å². The fraction of sp³-hybridized carbons (Fsp3) is 0.474. The van der Waals surface area contributed by atoms with Gasteiger partial charge in [0.15, 0.2) is 5.82 Å². The van der Waals surface area contributed by atoms with E-state index in [-0.39, 0.29) is 23.6 Å². The molecule has 0 spiro atoms. The molecule has 2 saturated heterocycles. The van der Waals surface area contributed by atoms with Crippen LogP contribution in [0.3, 0.4) is 0 Å². The standard InChI is InChI=1S/C19H22ClN5O3/c20-14-12-13(2-3-15(14)26)23-10-8-22(9-11-23)5-1-6-25-19(27)24-7-4-16-17(28-16)18(24)21-25/h2-4,7,12,16-17,26H,1,5-6,8-11H2. The second kappa shape index (κ2) is 6.95. The van der Waals surface area contributed by atoms with Crippen molar-refractivity contribution in [2.45, 2.75) is 25.2 Å². The summed E-state index contributed by atoms with van der Waals surface area (Å²) >= 11 is 6.02. The van der Waals surface area contributed by atoms with Gasteiger partial charge in [0.2, 0.25) is 0 Å². The Bertz CT molecular complexity index is 976. The summed E-state index contributed by atoms with van der Waals surface area (Å²) in [6, 6.07) is 5.34. The van der Waals surface area contributed by atoms with Crippen LogP contribution in [0.2, 0.25) is 5.02 Å². The Balaban J connectivity index is 1.13. The third-order valence-electron chi connectivity index (χ3n) is 5.61. The highest BCUT2D eigenvalue weighted by Crippen LogP contribution is 2.40. The fourth-order valence-corrected chi connectivity index (χ4v) is 4.11. The van der Waals surface area contributed by atoms with Gasteiger partial charge in [-0.1, -0.05) is 11.6 Å². The lowest BCUT2D eigenvalue weighted by atomic mass is 10.2. The number of aromatic nitrogens is 3. The van der Waals surface area contributed by atoms with E-state index < -0.39 is 0 Å². The minimum atomic E-state index is -0.0887. The van der Waals surface area contributed by atoms with Crippen molar-refractivity contribution in [1.29, 1.82) is 0 Å². The van der Waals surface area contributed by atoms with E-state index in [1.54, 1.807) is 21.5 Å². The molecule has 0 amide bonds. The highest BCUT2D eigenvalue weighted by atomic mass is 35.5. The molecule has 2 aromatic rings. The first-order valence-corrected chi connectivity index (χ1v) is 9.97. The van der Waals surface area contributed by atoms with Crippen molar-refractivity contribution < 1.29 is 9.84 Å². The van der Waals surface area contributed by atoms with Crippen molar-refractivity contribution in [3.8, 4) is 5.75 Å². The first kappa shape index (κ1) is 17.8. The number of aryl methyl sites for hydroxylation is 1. The fourth-order valence-electron chi connectivity index (χ4n) is 3.93. The number of ether oxygens (including phenoxy) is 1. The number of benzene rings is 1. The van der Waals surface area contributed by atoms with Crippen molar-refractivity contribution in [3.63, 3.8) is 0 Å². The maximum Gasteiger partial charge on any atom is 0.350 e. The molecule has 0 saturated carbocycles. The summed E-state index contributed by atoms with van der Waals surface area (Å²) in [5.41, 5.74) is 0.945. The van der Waals surface area contributed by atoms with Crippen LogP contribution >= 0.6 is 11.6 Å². The third kappa shape index (κ3) is 3.21. The van der Waals surface area contributed by atoms with Crippen molar-refractivity contribution >= 4 is 23.5 Å². The predicted molar refractivity (Wildman–Crippen MR) is 106 cm³/mol. The number of hydrogen-bond donors (Lipinski definition) is 1. The van der Waals surface area contributed by atoms with Gasteiger partial charge in [-0.2, -0.15) is 5.10 Å². The third-order valence-corrected chi connectivity index (χ3v) is 5.92. The molecule has 0 radical (unpaired) electrons. The lowest BCUT2D eigenvalue weighted by Gasteiger charge is -2.36. The Morgan fingerprint density at radius 2 is 2.04 bits per heavy atom. The first-order chi connectivity index (χ1) is 13.6. The number of epoxide rings is 1. The number of hydrogen-bond acceptors (Lipinski definition) is 6. The smallest absolute Gasteiger partial charge is 0.350 e. The maximum atomic E-state index is 12.4. The van der Waals surface area contributed by atoms with E-state index in [0.29, 0.717) is 11.6 Å². The monoisotopic (exact) mass is 403 g/mol.